The van der Waals surface area contributed by atoms with Gasteiger partial charge in [-0.3, -0.25) is 0 Å². The number of benzene rings is 1. The Hall–Kier alpha value is -0.620. The van der Waals surface area contributed by atoms with Crippen LogP contribution in [0.2, 0.25) is 0 Å². The molecule has 1 aliphatic carbocycles. The molecule has 1 aromatic carbocycles. The number of hydrogen-bond donors (Lipinski definition) is 0. The van der Waals surface area contributed by atoms with Gasteiger partial charge in [-0.1, -0.05) is 6.92 Å². The van der Waals surface area contributed by atoms with E-state index >= 15 is 0 Å². The van der Waals surface area contributed by atoms with Crippen molar-refractivity contribution in [1.82, 2.24) is 0 Å². The van der Waals surface area contributed by atoms with Gasteiger partial charge in [0.05, 0.1) is 5.75 Å². The first-order valence-corrected chi connectivity index (χ1v) is 9.10. The van der Waals surface area contributed by atoms with Crippen molar-refractivity contribution < 1.29 is 17.2 Å². The first-order chi connectivity index (χ1) is 8.93. The van der Waals surface area contributed by atoms with Crippen molar-refractivity contribution in [2.45, 2.75) is 25.0 Å². The van der Waals surface area contributed by atoms with Crippen LogP contribution in [-0.4, -0.2) is 25.7 Å². The zero-order valence-corrected chi connectivity index (χ0v) is 12.3. The summed E-state index contributed by atoms with van der Waals surface area (Å²) in [6, 6.07) is 2.28. The number of rotatable bonds is 5. The lowest BCUT2D eigenvalue weighted by Gasteiger charge is -2.11. The maximum atomic E-state index is 13.5. The van der Waals surface area contributed by atoms with Crippen molar-refractivity contribution in [1.29, 1.82) is 0 Å². The predicted octanol–water partition coefficient (Wildman–Crippen LogP) is 3.12. The SMILES string of the molecule is CCS(=O)(=O)CCS[C@@H]1CCc2c(F)cc(F)cc21. The van der Waals surface area contributed by atoms with Crippen LogP contribution in [0.25, 0.3) is 0 Å². The van der Waals surface area contributed by atoms with E-state index in [2.05, 4.69) is 0 Å². The highest BCUT2D eigenvalue weighted by molar-refractivity contribution is 8.00. The second-order valence-corrected chi connectivity index (χ2v) is 8.37. The van der Waals surface area contributed by atoms with E-state index in [1.54, 1.807) is 6.92 Å². The third kappa shape index (κ3) is 3.48. The van der Waals surface area contributed by atoms with Gasteiger partial charge in [0.2, 0.25) is 0 Å². The second kappa shape index (κ2) is 5.79. The molecule has 0 N–H and O–H groups in total. The molecule has 19 heavy (non-hydrogen) atoms. The zero-order chi connectivity index (χ0) is 14.0. The third-order valence-electron chi connectivity index (χ3n) is 3.35. The molecule has 0 spiro atoms. The summed E-state index contributed by atoms with van der Waals surface area (Å²) in [5.74, 6) is -0.321. The molecule has 2 nitrogen and oxygen atoms in total. The Kier molecular flexibility index (Phi) is 4.50. The van der Waals surface area contributed by atoms with Gasteiger partial charge in [0.25, 0.3) is 0 Å². The standard InChI is InChI=1S/C13H16F2O2S2/c1-2-19(16,17)6-5-18-13-4-3-10-11(13)7-9(14)8-12(10)15/h7-8,13H,2-6H2,1H3/t13-/m1/s1. The monoisotopic (exact) mass is 306 g/mol. The average molecular weight is 306 g/mol. The van der Waals surface area contributed by atoms with Crippen molar-refractivity contribution in [2.75, 3.05) is 17.3 Å². The van der Waals surface area contributed by atoms with Gasteiger partial charge in [-0.15, -0.1) is 0 Å². The molecule has 0 aromatic heterocycles. The van der Waals surface area contributed by atoms with Gasteiger partial charge in [-0.25, -0.2) is 17.2 Å². The van der Waals surface area contributed by atoms with Crippen LogP contribution in [0.1, 0.15) is 29.7 Å². The van der Waals surface area contributed by atoms with Gasteiger partial charge >= 0.3 is 0 Å². The molecule has 0 bridgehead atoms. The summed E-state index contributed by atoms with van der Waals surface area (Å²) in [6.45, 7) is 1.62. The summed E-state index contributed by atoms with van der Waals surface area (Å²) in [4.78, 5) is 0. The molecule has 0 saturated heterocycles. The van der Waals surface area contributed by atoms with Gasteiger partial charge in [0.15, 0.2) is 9.84 Å². The predicted molar refractivity (Wildman–Crippen MR) is 74.2 cm³/mol. The number of hydrogen-bond acceptors (Lipinski definition) is 3. The molecule has 1 aromatic rings. The third-order valence-corrected chi connectivity index (χ3v) is 6.65. The smallest absolute Gasteiger partial charge is 0.150 e. The summed E-state index contributed by atoms with van der Waals surface area (Å²) < 4.78 is 49.5. The molecule has 0 amide bonds. The van der Waals surface area contributed by atoms with E-state index in [0.717, 1.165) is 12.5 Å². The van der Waals surface area contributed by atoms with Crippen LogP contribution in [0.3, 0.4) is 0 Å². The summed E-state index contributed by atoms with van der Waals surface area (Å²) in [7, 11) is -2.97. The molecule has 0 unspecified atom stereocenters. The fraction of sp³-hybridized carbons (Fsp3) is 0.538. The highest BCUT2D eigenvalue weighted by atomic mass is 32.2. The molecular formula is C13H16F2O2S2. The Morgan fingerprint density at radius 2 is 2.11 bits per heavy atom. The summed E-state index contributed by atoms with van der Waals surface area (Å²) >= 11 is 1.47. The Morgan fingerprint density at radius 1 is 1.37 bits per heavy atom. The van der Waals surface area contributed by atoms with Gasteiger partial charge in [-0.2, -0.15) is 11.8 Å². The van der Waals surface area contributed by atoms with Crippen molar-refractivity contribution in [2.24, 2.45) is 0 Å². The zero-order valence-electron chi connectivity index (χ0n) is 10.7. The maximum absolute atomic E-state index is 13.5. The minimum atomic E-state index is -2.97. The first kappa shape index (κ1) is 14.8. The van der Waals surface area contributed by atoms with Gasteiger partial charge in [-0.05, 0) is 30.0 Å². The van der Waals surface area contributed by atoms with E-state index in [1.165, 1.54) is 17.8 Å². The number of sulfone groups is 1. The highest BCUT2D eigenvalue weighted by Gasteiger charge is 2.26. The molecule has 1 aliphatic rings. The lowest BCUT2D eigenvalue weighted by atomic mass is 10.1. The van der Waals surface area contributed by atoms with Crippen LogP contribution < -0.4 is 0 Å². The van der Waals surface area contributed by atoms with Gasteiger partial charge in [0, 0.05) is 22.8 Å². The summed E-state index contributed by atoms with van der Waals surface area (Å²) in [5.41, 5.74) is 1.27. The highest BCUT2D eigenvalue weighted by Crippen LogP contribution is 2.42. The van der Waals surface area contributed by atoms with Crippen molar-refractivity contribution in [3.8, 4) is 0 Å². The molecule has 0 radical (unpaired) electrons. The largest absolute Gasteiger partial charge is 0.229 e. The fourth-order valence-electron chi connectivity index (χ4n) is 2.24. The Morgan fingerprint density at radius 3 is 2.79 bits per heavy atom. The van der Waals surface area contributed by atoms with Crippen molar-refractivity contribution in [3.05, 3.63) is 34.9 Å². The van der Waals surface area contributed by atoms with Crippen molar-refractivity contribution in [3.63, 3.8) is 0 Å². The lowest BCUT2D eigenvalue weighted by molar-refractivity contribution is 0.574. The normalized spacial score (nSPS) is 18.6. The van der Waals surface area contributed by atoms with Crippen LogP contribution in [0.4, 0.5) is 8.78 Å². The van der Waals surface area contributed by atoms with E-state index in [4.69, 9.17) is 0 Å². The van der Waals surface area contributed by atoms with Crippen molar-refractivity contribution >= 4 is 21.6 Å². The number of halogens is 2. The first-order valence-electron chi connectivity index (χ1n) is 6.23. The lowest BCUT2D eigenvalue weighted by Crippen LogP contribution is -2.11. The average Bonchev–Trinajstić information content (AvgIpc) is 2.73. The van der Waals surface area contributed by atoms with Crippen LogP contribution in [0.5, 0.6) is 0 Å². The van der Waals surface area contributed by atoms with Gasteiger partial charge in [0.1, 0.15) is 11.6 Å². The molecule has 1 atom stereocenters. The van der Waals surface area contributed by atoms with E-state index in [0.29, 0.717) is 23.3 Å². The fourth-order valence-corrected chi connectivity index (χ4v) is 4.89. The minimum absolute atomic E-state index is 0.00672. The number of fused-ring (bicyclic) bond motifs is 1. The Bertz CT molecular complexity index is 570. The quantitative estimate of drug-likeness (QED) is 0.838. The summed E-state index contributed by atoms with van der Waals surface area (Å²) in [6.07, 6.45) is 1.34. The molecule has 106 valence electrons. The van der Waals surface area contributed by atoms with Crippen LogP contribution >= 0.6 is 11.8 Å². The Labute approximate surface area is 116 Å². The van der Waals surface area contributed by atoms with Crippen LogP contribution in [0, 0.1) is 11.6 Å². The van der Waals surface area contributed by atoms with E-state index in [-0.39, 0.29) is 16.8 Å². The molecule has 2 rings (SSSR count). The molecule has 0 aliphatic heterocycles. The molecule has 6 heteroatoms. The van der Waals surface area contributed by atoms with Gasteiger partial charge < -0.3 is 0 Å². The molecule has 0 heterocycles. The molecular weight excluding hydrogens is 290 g/mol. The van der Waals surface area contributed by atoms with E-state index in [9.17, 15) is 17.2 Å². The van der Waals surface area contributed by atoms with Crippen LogP contribution in [0.15, 0.2) is 12.1 Å². The van der Waals surface area contributed by atoms with Crippen LogP contribution in [-0.2, 0) is 16.3 Å². The topological polar surface area (TPSA) is 34.1 Å². The Balaban J connectivity index is 2.03. The van der Waals surface area contributed by atoms with E-state index < -0.39 is 21.5 Å². The second-order valence-electron chi connectivity index (χ2n) is 4.59. The number of thioether (sulfide) groups is 1. The maximum Gasteiger partial charge on any atom is 0.150 e. The summed E-state index contributed by atoms with van der Waals surface area (Å²) in [5, 5.41) is 0.00672. The van der Waals surface area contributed by atoms with E-state index in [1.807, 2.05) is 0 Å². The molecule has 0 fully saturated rings. The minimum Gasteiger partial charge on any atom is -0.229 e. The molecule has 0 saturated carbocycles.